The van der Waals surface area contributed by atoms with Crippen LogP contribution in [0.3, 0.4) is 0 Å². The van der Waals surface area contributed by atoms with Crippen molar-refractivity contribution in [3.8, 4) is 0 Å². The number of hydrogen-bond acceptors (Lipinski definition) is 8. The van der Waals surface area contributed by atoms with Gasteiger partial charge in [-0.1, -0.05) is 6.92 Å². The number of carboxylic acids is 1. The van der Waals surface area contributed by atoms with E-state index in [0.29, 0.717) is 15.3 Å². The molecule has 4 atom stereocenters. The van der Waals surface area contributed by atoms with Crippen molar-refractivity contribution in [1.29, 1.82) is 0 Å². The number of amides is 1. The molecule has 9 nitrogen and oxygen atoms in total. The SMILES string of the molecule is COC(=O)c1ncn2cc(C3=C(C(=O)[O-])N4C(=O)[C@H]([C@@H](C)O)[C@H]4[C@H]3C)sc12.[Na+]. The van der Waals surface area contributed by atoms with Crippen LogP contribution in [0.1, 0.15) is 29.2 Å². The third-order valence-corrected chi connectivity index (χ3v) is 6.36. The van der Waals surface area contributed by atoms with Crippen LogP contribution < -0.4 is 34.7 Å². The Hall–Kier alpha value is -1.72. The fraction of sp³-hybridized carbons (Fsp3) is 0.412. The first-order valence-corrected chi connectivity index (χ1v) is 9.11. The Balaban J connectivity index is 0.00000225. The van der Waals surface area contributed by atoms with Gasteiger partial charge in [0.15, 0.2) is 5.69 Å². The molecule has 142 valence electrons. The number of carbonyl (C=O) groups is 3. The van der Waals surface area contributed by atoms with Gasteiger partial charge in [-0.15, -0.1) is 11.3 Å². The number of β-lactam (4-membered cyclic amide) rings is 1. The molecule has 1 saturated heterocycles. The number of aliphatic hydroxyl groups is 1. The molecule has 2 aliphatic heterocycles. The standard InChI is InChI=1S/C17H17N3O6S.Na/c1-6-9(8-4-19-5-18-11(15(19)27-8)17(25)26-3)13(16(23)24)20-12(6)10(7(2)21)14(20)22;/h4-7,10,12,21H,1-3H3,(H,23,24);/q;+1/p-1/t6-,7+,10+,12+;/m0./s1. The van der Waals surface area contributed by atoms with Crippen LogP contribution in [0, 0.1) is 11.8 Å². The minimum absolute atomic E-state index is 0. The summed E-state index contributed by atoms with van der Waals surface area (Å²) in [7, 11) is 1.25. The number of fused-ring (bicyclic) bond motifs is 2. The molecule has 2 aromatic heterocycles. The molecule has 2 aliphatic rings. The largest absolute Gasteiger partial charge is 1.00 e. The predicted molar refractivity (Wildman–Crippen MR) is 91.3 cm³/mol. The molecule has 11 heteroatoms. The van der Waals surface area contributed by atoms with Gasteiger partial charge < -0.3 is 24.6 Å². The number of imidazole rings is 1. The maximum Gasteiger partial charge on any atom is 1.00 e. The first-order chi connectivity index (χ1) is 12.8. The zero-order valence-corrected chi connectivity index (χ0v) is 18.5. The summed E-state index contributed by atoms with van der Waals surface area (Å²) >= 11 is 1.19. The minimum Gasteiger partial charge on any atom is -0.543 e. The Morgan fingerprint density at radius 3 is 2.68 bits per heavy atom. The molecule has 0 aliphatic carbocycles. The average molecular weight is 413 g/mol. The van der Waals surface area contributed by atoms with E-state index in [2.05, 4.69) is 4.98 Å². The second-order valence-electron chi connectivity index (χ2n) is 6.70. The van der Waals surface area contributed by atoms with E-state index in [1.807, 2.05) is 6.92 Å². The maximum absolute atomic E-state index is 12.4. The number of methoxy groups -OCH3 is 1. The minimum atomic E-state index is -1.44. The molecular formula is C17H16N3NaO6S. The molecule has 0 saturated carbocycles. The van der Waals surface area contributed by atoms with Crippen LogP contribution in [-0.4, -0.2) is 56.5 Å². The average Bonchev–Trinajstić information content (AvgIpc) is 3.23. The fourth-order valence-electron chi connectivity index (χ4n) is 4.04. The normalized spacial score (nSPS) is 24.6. The Bertz CT molecular complexity index is 1030. The van der Waals surface area contributed by atoms with Gasteiger partial charge in [0, 0.05) is 17.7 Å². The predicted octanol–water partition coefficient (Wildman–Crippen LogP) is -3.50. The zero-order valence-electron chi connectivity index (χ0n) is 15.7. The van der Waals surface area contributed by atoms with E-state index in [1.165, 1.54) is 36.6 Å². The number of rotatable bonds is 4. The third kappa shape index (κ3) is 2.74. The van der Waals surface area contributed by atoms with Crippen molar-refractivity contribution in [2.45, 2.75) is 26.0 Å². The smallest absolute Gasteiger partial charge is 0.543 e. The van der Waals surface area contributed by atoms with Crippen molar-refractivity contribution < 1.29 is 58.9 Å². The molecule has 1 N–H and O–H groups in total. The molecule has 0 radical (unpaired) electrons. The van der Waals surface area contributed by atoms with Crippen molar-refractivity contribution in [1.82, 2.24) is 14.3 Å². The number of aliphatic hydroxyl groups excluding tert-OH is 1. The molecule has 4 heterocycles. The number of aromatic nitrogens is 2. The molecule has 1 amide bonds. The maximum atomic E-state index is 12.4. The Kier molecular flexibility index (Phi) is 5.45. The molecule has 28 heavy (non-hydrogen) atoms. The Morgan fingerprint density at radius 1 is 1.43 bits per heavy atom. The van der Waals surface area contributed by atoms with Gasteiger partial charge in [-0.25, -0.2) is 9.78 Å². The summed E-state index contributed by atoms with van der Waals surface area (Å²) in [4.78, 5) is 42.4. The van der Waals surface area contributed by atoms with Crippen LogP contribution in [0.2, 0.25) is 0 Å². The number of ether oxygens (including phenoxy) is 1. The van der Waals surface area contributed by atoms with Gasteiger partial charge in [0.25, 0.3) is 0 Å². The summed E-state index contributed by atoms with van der Waals surface area (Å²) < 4.78 is 6.33. The van der Waals surface area contributed by atoms with Gasteiger partial charge in [-0.05, 0) is 6.92 Å². The van der Waals surface area contributed by atoms with E-state index >= 15 is 0 Å². The van der Waals surface area contributed by atoms with Crippen molar-refractivity contribution in [3.63, 3.8) is 0 Å². The van der Waals surface area contributed by atoms with Gasteiger partial charge >= 0.3 is 35.5 Å². The number of nitrogens with zero attached hydrogens (tertiary/aromatic N) is 3. The number of esters is 1. The molecule has 0 bridgehead atoms. The van der Waals surface area contributed by atoms with Crippen molar-refractivity contribution in [2.75, 3.05) is 7.11 Å². The van der Waals surface area contributed by atoms with E-state index < -0.39 is 35.9 Å². The summed E-state index contributed by atoms with van der Waals surface area (Å²) in [6, 6.07) is -0.430. The number of carbonyl (C=O) groups excluding carboxylic acids is 3. The van der Waals surface area contributed by atoms with Gasteiger partial charge in [0.1, 0.15) is 11.2 Å². The van der Waals surface area contributed by atoms with Gasteiger partial charge in [-0.3, -0.25) is 9.20 Å². The van der Waals surface area contributed by atoms with Crippen LogP contribution >= 0.6 is 11.3 Å². The Morgan fingerprint density at radius 2 is 2.11 bits per heavy atom. The molecule has 4 rings (SSSR count). The van der Waals surface area contributed by atoms with Crippen molar-refractivity contribution in [3.05, 3.63) is 28.8 Å². The van der Waals surface area contributed by atoms with Crippen molar-refractivity contribution in [2.24, 2.45) is 11.8 Å². The summed E-state index contributed by atoms with van der Waals surface area (Å²) in [5.41, 5.74) is 0.420. The third-order valence-electron chi connectivity index (χ3n) is 5.22. The Labute approximate surface area is 185 Å². The van der Waals surface area contributed by atoms with Gasteiger partial charge in [-0.2, -0.15) is 0 Å². The topological polar surface area (TPSA) is 124 Å². The van der Waals surface area contributed by atoms with Crippen molar-refractivity contribution >= 4 is 39.6 Å². The summed E-state index contributed by atoms with van der Waals surface area (Å²) in [6.45, 7) is 3.34. The van der Waals surface area contributed by atoms with E-state index in [1.54, 1.807) is 10.6 Å². The second kappa shape index (κ2) is 7.27. The molecule has 1 fully saturated rings. The first kappa shape index (κ1) is 21.0. The molecule has 0 spiro atoms. The quantitative estimate of drug-likeness (QED) is 0.313. The number of carboxylic acid groups (broad SMARTS) is 1. The van der Waals surface area contributed by atoms with E-state index in [0.717, 1.165) is 0 Å². The number of hydrogen-bond donors (Lipinski definition) is 1. The van der Waals surface area contributed by atoms with E-state index in [9.17, 15) is 24.6 Å². The number of aliphatic carboxylic acids is 1. The summed E-state index contributed by atoms with van der Waals surface area (Å²) in [6.07, 6.45) is 2.23. The van der Waals surface area contributed by atoms with Crippen LogP contribution in [0.15, 0.2) is 18.2 Å². The van der Waals surface area contributed by atoms with E-state index in [-0.39, 0.29) is 46.9 Å². The molecule has 0 unspecified atom stereocenters. The van der Waals surface area contributed by atoms with Crippen LogP contribution in [0.4, 0.5) is 0 Å². The summed E-state index contributed by atoms with van der Waals surface area (Å²) in [5, 5.41) is 21.7. The zero-order chi connectivity index (χ0) is 19.6. The number of thiazole rings is 1. The fourth-order valence-corrected chi connectivity index (χ4v) is 5.25. The second-order valence-corrected chi connectivity index (χ2v) is 7.73. The van der Waals surface area contributed by atoms with E-state index in [4.69, 9.17) is 4.74 Å². The summed E-state index contributed by atoms with van der Waals surface area (Å²) in [5.74, 6) is -3.41. The van der Waals surface area contributed by atoms with Crippen LogP contribution in [-0.2, 0) is 14.3 Å². The van der Waals surface area contributed by atoms with Crippen LogP contribution in [0.5, 0.6) is 0 Å². The van der Waals surface area contributed by atoms with Gasteiger partial charge in [0.2, 0.25) is 5.91 Å². The monoisotopic (exact) mass is 413 g/mol. The van der Waals surface area contributed by atoms with Gasteiger partial charge in [0.05, 0.1) is 41.7 Å². The first-order valence-electron chi connectivity index (χ1n) is 8.29. The molecular weight excluding hydrogens is 397 g/mol. The molecule has 2 aromatic rings. The molecule has 0 aromatic carbocycles. The van der Waals surface area contributed by atoms with Crippen LogP contribution in [0.25, 0.3) is 10.4 Å².